The summed E-state index contributed by atoms with van der Waals surface area (Å²) in [6.07, 6.45) is 0. The first kappa shape index (κ1) is 16.3. The smallest absolute Gasteiger partial charge is 0.309 e. The van der Waals surface area contributed by atoms with E-state index in [1.54, 1.807) is 6.92 Å². The number of hydrogen-bond donors (Lipinski definition) is 1. The number of methoxy groups -OCH3 is 1. The molecule has 0 saturated carbocycles. The third kappa shape index (κ3) is 5.48. The maximum absolute atomic E-state index is 12.9. The topological polar surface area (TPSA) is 72.5 Å². The Bertz CT molecular complexity index is 521. The van der Waals surface area contributed by atoms with E-state index in [-0.39, 0.29) is 11.5 Å². The summed E-state index contributed by atoms with van der Waals surface area (Å²) in [5.41, 5.74) is 0.299. The molecule has 0 spiro atoms. The Morgan fingerprint density at radius 3 is 2.75 bits per heavy atom. The Hall–Kier alpha value is -1.76. The first-order chi connectivity index (χ1) is 9.42. The number of nitrogens with one attached hydrogen (secondary N) is 1. The predicted octanol–water partition coefficient (Wildman–Crippen LogP) is 1.32. The van der Waals surface area contributed by atoms with E-state index in [0.717, 1.165) is 6.07 Å². The summed E-state index contributed by atoms with van der Waals surface area (Å²) in [4.78, 5) is 22.8. The summed E-state index contributed by atoms with van der Waals surface area (Å²) in [6, 6.07) is 5.41. The average molecular weight is 301 g/mol. The van der Waals surface area contributed by atoms with E-state index in [2.05, 4.69) is 10.1 Å². The number of hydrogen-bond acceptors (Lipinski definition) is 4. The van der Waals surface area contributed by atoms with Gasteiger partial charge in [-0.3, -0.25) is 13.8 Å². The van der Waals surface area contributed by atoms with E-state index < -0.39 is 34.4 Å². The van der Waals surface area contributed by atoms with Crippen molar-refractivity contribution in [2.24, 2.45) is 5.92 Å². The van der Waals surface area contributed by atoms with Crippen LogP contribution in [0.4, 0.5) is 10.1 Å². The van der Waals surface area contributed by atoms with Gasteiger partial charge in [0.25, 0.3) is 0 Å². The Morgan fingerprint density at radius 2 is 2.15 bits per heavy atom. The molecule has 2 unspecified atom stereocenters. The molecule has 0 heterocycles. The fraction of sp³-hybridized carbons (Fsp3) is 0.385. The number of esters is 1. The molecule has 1 rings (SSSR count). The van der Waals surface area contributed by atoms with Gasteiger partial charge in [-0.15, -0.1) is 0 Å². The molecule has 0 bridgehead atoms. The first-order valence-electron chi connectivity index (χ1n) is 5.90. The molecule has 20 heavy (non-hydrogen) atoms. The third-order valence-corrected chi connectivity index (χ3v) is 3.90. The van der Waals surface area contributed by atoms with Crippen LogP contribution in [0.5, 0.6) is 0 Å². The van der Waals surface area contributed by atoms with Crippen LogP contribution < -0.4 is 5.32 Å². The van der Waals surface area contributed by atoms with E-state index in [4.69, 9.17) is 0 Å². The second-order valence-electron chi connectivity index (χ2n) is 4.23. The Morgan fingerprint density at radius 1 is 1.45 bits per heavy atom. The number of amides is 1. The fourth-order valence-corrected chi connectivity index (χ4v) is 2.69. The largest absolute Gasteiger partial charge is 0.469 e. The van der Waals surface area contributed by atoms with Crippen molar-refractivity contribution in [3.63, 3.8) is 0 Å². The molecule has 0 radical (unpaired) electrons. The number of benzene rings is 1. The van der Waals surface area contributed by atoms with Crippen molar-refractivity contribution >= 4 is 28.4 Å². The van der Waals surface area contributed by atoms with Crippen LogP contribution in [-0.2, 0) is 25.1 Å². The quantitative estimate of drug-likeness (QED) is 0.804. The van der Waals surface area contributed by atoms with Gasteiger partial charge in [0.15, 0.2) is 0 Å². The highest BCUT2D eigenvalue weighted by Gasteiger charge is 2.18. The van der Waals surface area contributed by atoms with Crippen LogP contribution in [0.3, 0.4) is 0 Å². The second-order valence-corrected chi connectivity index (χ2v) is 5.74. The summed E-state index contributed by atoms with van der Waals surface area (Å²) in [5.74, 6) is -2.18. The molecule has 1 aromatic rings. The van der Waals surface area contributed by atoms with Crippen LogP contribution in [0, 0.1) is 11.7 Å². The Kier molecular flexibility index (Phi) is 6.30. The highest BCUT2D eigenvalue weighted by molar-refractivity contribution is 7.85. The molecule has 0 aliphatic rings. The van der Waals surface area contributed by atoms with E-state index in [1.165, 1.54) is 25.3 Å². The van der Waals surface area contributed by atoms with Gasteiger partial charge in [-0.1, -0.05) is 13.0 Å². The van der Waals surface area contributed by atoms with Crippen LogP contribution in [0.15, 0.2) is 24.3 Å². The van der Waals surface area contributed by atoms with Gasteiger partial charge in [0, 0.05) is 22.2 Å². The van der Waals surface area contributed by atoms with E-state index in [1.807, 2.05) is 0 Å². The maximum atomic E-state index is 12.9. The van der Waals surface area contributed by atoms with Crippen LogP contribution >= 0.6 is 0 Å². The zero-order chi connectivity index (χ0) is 15.1. The maximum Gasteiger partial charge on any atom is 0.309 e. The molecular formula is C13H16FNO4S. The zero-order valence-corrected chi connectivity index (χ0v) is 12.0. The van der Waals surface area contributed by atoms with Crippen molar-refractivity contribution in [3.8, 4) is 0 Å². The lowest BCUT2D eigenvalue weighted by molar-refractivity contribution is -0.144. The lowest BCUT2D eigenvalue weighted by Gasteiger charge is -2.09. The van der Waals surface area contributed by atoms with Crippen LogP contribution in [0.2, 0.25) is 0 Å². The van der Waals surface area contributed by atoms with Gasteiger partial charge in [-0.25, -0.2) is 4.39 Å². The molecule has 7 heteroatoms. The van der Waals surface area contributed by atoms with Gasteiger partial charge < -0.3 is 10.1 Å². The number of carbonyl (C=O) groups excluding carboxylic acids is 2. The minimum Gasteiger partial charge on any atom is -0.469 e. The fourth-order valence-electron chi connectivity index (χ4n) is 1.52. The number of ether oxygens (including phenoxy) is 1. The van der Waals surface area contributed by atoms with Gasteiger partial charge in [-0.05, 0) is 18.2 Å². The van der Waals surface area contributed by atoms with Crippen LogP contribution in [-0.4, -0.2) is 34.7 Å². The summed E-state index contributed by atoms with van der Waals surface area (Å²) < 4.78 is 29.1. The van der Waals surface area contributed by atoms with Crippen molar-refractivity contribution in [2.45, 2.75) is 6.92 Å². The minimum absolute atomic E-state index is 0.0449. The molecule has 1 aromatic carbocycles. The highest BCUT2D eigenvalue weighted by Crippen LogP contribution is 2.09. The lowest BCUT2D eigenvalue weighted by Crippen LogP contribution is -2.25. The molecule has 0 aromatic heterocycles. The normalized spacial score (nSPS) is 13.3. The van der Waals surface area contributed by atoms with Crippen molar-refractivity contribution in [2.75, 3.05) is 23.9 Å². The third-order valence-electron chi connectivity index (χ3n) is 2.44. The zero-order valence-electron chi connectivity index (χ0n) is 11.2. The van der Waals surface area contributed by atoms with Crippen molar-refractivity contribution < 1.29 is 22.9 Å². The SMILES string of the molecule is COC(=O)C(C)CS(=O)CC(=O)Nc1cccc(F)c1. The Labute approximate surface area is 119 Å². The summed E-state index contributed by atoms with van der Waals surface area (Å²) in [6.45, 7) is 1.58. The summed E-state index contributed by atoms with van der Waals surface area (Å²) >= 11 is 0. The second kappa shape index (κ2) is 7.74. The molecule has 110 valence electrons. The van der Waals surface area contributed by atoms with Crippen molar-refractivity contribution in [1.82, 2.24) is 0 Å². The lowest BCUT2D eigenvalue weighted by atomic mass is 10.2. The molecule has 0 aliphatic heterocycles. The van der Waals surface area contributed by atoms with Gasteiger partial charge in [-0.2, -0.15) is 0 Å². The molecule has 0 fully saturated rings. The minimum atomic E-state index is -1.49. The molecular weight excluding hydrogens is 285 g/mol. The van der Waals surface area contributed by atoms with Crippen molar-refractivity contribution in [1.29, 1.82) is 0 Å². The Balaban J connectivity index is 2.46. The number of halogens is 1. The van der Waals surface area contributed by atoms with Crippen LogP contribution in [0.25, 0.3) is 0 Å². The highest BCUT2D eigenvalue weighted by atomic mass is 32.2. The van der Waals surface area contributed by atoms with E-state index >= 15 is 0 Å². The number of rotatable bonds is 6. The van der Waals surface area contributed by atoms with Gasteiger partial charge in [0.05, 0.1) is 13.0 Å². The molecule has 0 aliphatic carbocycles. The molecule has 2 atom stereocenters. The van der Waals surface area contributed by atoms with Crippen molar-refractivity contribution in [3.05, 3.63) is 30.1 Å². The number of carbonyl (C=O) groups is 2. The molecule has 0 saturated heterocycles. The predicted molar refractivity (Wildman–Crippen MR) is 74.1 cm³/mol. The molecule has 1 amide bonds. The van der Waals surface area contributed by atoms with E-state index in [0.29, 0.717) is 5.69 Å². The molecule has 1 N–H and O–H groups in total. The van der Waals surface area contributed by atoms with Gasteiger partial charge >= 0.3 is 5.97 Å². The first-order valence-corrected chi connectivity index (χ1v) is 7.39. The average Bonchev–Trinajstić information content (AvgIpc) is 2.37. The standard InChI is InChI=1S/C13H16FNO4S/c1-9(13(17)19-2)7-20(18)8-12(16)15-11-5-3-4-10(14)6-11/h3-6,9H,7-8H2,1-2H3,(H,15,16). The van der Waals surface area contributed by atoms with Gasteiger partial charge in [0.2, 0.25) is 5.91 Å². The molecule has 5 nitrogen and oxygen atoms in total. The van der Waals surface area contributed by atoms with E-state index in [9.17, 15) is 18.2 Å². The monoisotopic (exact) mass is 301 g/mol. The van der Waals surface area contributed by atoms with Gasteiger partial charge in [0.1, 0.15) is 11.6 Å². The number of anilines is 1. The summed E-state index contributed by atoms with van der Waals surface area (Å²) in [5, 5.41) is 2.44. The van der Waals surface area contributed by atoms with Crippen LogP contribution in [0.1, 0.15) is 6.92 Å². The summed E-state index contributed by atoms with van der Waals surface area (Å²) in [7, 11) is -0.240.